The van der Waals surface area contributed by atoms with Crippen LogP contribution in [0, 0.1) is 0 Å². The third kappa shape index (κ3) is 1.63. The molecule has 0 aliphatic carbocycles. The molecule has 2 nitrogen and oxygen atoms in total. The molecule has 0 atom stereocenters. The number of para-hydroxylation sites is 3. The predicted octanol–water partition coefficient (Wildman–Crippen LogP) is 3.98. The van der Waals surface area contributed by atoms with E-state index in [4.69, 9.17) is 5.73 Å². The van der Waals surface area contributed by atoms with Gasteiger partial charge in [0.15, 0.2) is 0 Å². The Bertz CT molecular complexity index is 686. The molecular weight excluding hydrogens is 276 g/mol. The van der Waals surface area contributed by atoms with E-state index in [1.165, 1.54) is 5.39 Å². The zero-order valence-corrected chi connectivity index (χ0v) is 10.7. The first kappa shape index (κ1) is 10.4. The van der Waals surface area contributed by atoms with Crippen molar-refractivity contribution in [2.24, 2.45) is 0 Å². The predicted molar refractivity (Wildman–Crippen MR) is 75.4 cm³/mol. The first-order chi connectivity index (χ1) is 8.27. The minimum atomic E-state index is 0.778. The van der Waals surface area contributed by atoms with Crippen molar-refractivity contribution in [3.8, 4) is 5.69 Å². The number of benzene rings is 2. The number of fused-ring (bicyclic) bond motifs is 1. The number of hydrogen-bond acceptors (Lipinski definition) is 1. The highest BCUT2D eigenvalue weighted by molar-refractivity contribution is 9.10. The molecule has 0 spiro atoms. The summed E-state index contributed by atoms with van der Waals surface area (Å²) in [6.07, 6.45) is 2.05. The molecule has 0 bridgehead atoms. The second kappa shape index (κ2) is 3.93. The van der Waals surface area contributed by atoms with E-state index >= 15 is 0 Å². The lowest BCUT2D eigenvalue weighted by Crippen LogP contribution is -1.97. The molecule has 84 valence electrons. The number of halogens is 1. The summed E-state index contributed by atoms with van der Waals surface area (Å²) >= 11 is 3.58. The van der Waals surface area contributed by atoms with Crippen molar-refractivity contribution in [1.29, 1.82) is 0 Å². The molecule has 17 heavy (non-hydrogen) atoms. The molecule has 1 aromatic heterocycles. The molecule has 0 radical (unpaired) electrons. The third-order valence-corrected chi connectivity index (χ3v) is 3.49. The topological polar surface area (TPSA) is 30.9 Å². The molecule has 0 fully saturated rings. The van der Waals surface area contributed by atoms with Crippen LogP contribution < -0.4 is 5.73 Å². The molecular formula is C14H11BrN2. The number of hydrogen-bond donors (Lipinski definition) is 1. The van der Waals surface area contributed by atoms with Crippen molar-refractivity contribution in [2.45, 2.75) is 0 Å². The normalized spacial score (nSPS) is 10.9. The van der Waals surface area contributed by atoms with E-state index in [0.717, 1.165) is 21.4 Å². The van der Waals surface area contributed by atoms with Crippen LogP contribution in [0.5, 0.6) is 0 Å². The third-order valence-electron chi connectivity index (χ3n) is 2.86. The zero-order valence-electron chi connectivity index (χ0n) is 9.10. The van der Waals surface area contributed by atoms with Gasteiger partial charge < -0.3 is 10.3 Å². The van der Waals surface area contributed by atoms with E-state index in [0.29, 0.717) is 0 Å². The van der Waals surface area contributed by atoms with E-state index in [1.807, 2.05) is 36.4 Å². The second-order valence-corrected chi connectivity index (χ2v) is 4.78. The maximum atomic E-state index is 6.02. The molecule has 0 aliphatic heterocycles. The van der Waals surface area contributed by atoms with Crippen LogP contribution in [0.15, 0.2) is 59.2 Å². The van der Waals surface area contributed by atoms with Crippen LogP contribution in [0.25, 0.3) is 16.6 Å². The summed E-state index contributed by atoms with van der Waals surface area (Å²) in [5.41, 5.74) is 8.95. The van der Waals surface area contributed by atoms with Crippen LogP contribution in [0.1, 0.15) is 0 Å². The standard InChI is InChI=1S/C14H11BrN2/c15-11-9-17(13-7-3-1-5-10(11)13)14-8-4-2-6-12(14)16/h1-9H,16H2. The Morgan fingerprint density at radius 2 is 1.65 bits per heavy atom. The van der Waals surface area contributed by atoms with Crippen LogP contribution in [0.3, 0.4) is 0 Å². The molecule has 0 amide bonds. The van der Waals surface area contributed by atoms with Crippen LogP contribution in [0.4, 0.5) is 5.69 Å². The van der Waals surface area contributed by atoms with Crippen molar-refractivity contribution in [1.82, 2.24) is 4.57 Å². The van der Waals surface area contributed by atoms with Crippen molar-refractivity contribution in [3.05, 3.63) is 59.2 Å². The van der Waals surface area contributed by atoms with Crippen LogP contribution in [-0.4, -0.2) is 4.57 Å². The van der Waals surface area contributed by atoms with Gasteiger partial charge in [0.25, 0.3) is 0 Å². The Kier molecular flexibility index (Phi) is 2.41. The van der Waals surface area contributed by atoms with Crippen molar-refractivity contribution in [3.63, 3.8) is 0 Å². The Morgan fingerprint density at radius 1 is 0.941 bits per heavy atom. The van der Waals surface area contributed by atoms with Crippen LogP contribution in [0.2, 0.25) is 0 Å². The van der Waals surface area contributed by atoms with E-state index in [1.54, 1.807) is 0 Å². The molecule has 0 unspecified atom stereocenters. The maximum absolute atomic E-state index is 6.02. The molecule has 0 saturated carbocycles. The minimum Gasteiger partial charge on any atom is -0.397 e. The van der Waals surface area contributed by atoms with E-state index < -0.39 is 0 Å². The highest BCUT2D eigenvalue weighted by atomic mass is 79.9. The fraction of sp³-hybridized carbons (Fsp3) is 0. The summed E-state index contributed by atoms with van der Waals surface area (Å²) in [5, 5.41) is 1.19. The van der Waals surface area contributed by atoms with Gasteiger partial charge in [0, 0.05) is 16.1 Å². The second-order valence-electron chi connectivity index (χ2n) is 3.92. The number of nitrogens with zero attached hydrogens (tertiary/aromatic N) is 1. The Balaban J connectivity index is 2.35. The lowest BCUT2D eigenvalue weighted by atomic mass is 10.2. The summed E-state index contributed by atoms with van der Waals surface area (Å²) in [5.74, 6) is 0. The van der Waals surface area contributed by atoms with E-state index in [-0.39, 0.29) is 0 Å². The molecule has 2 aromatic carbocycles. The highest BCUT2D eigenvalue weighted by Gasteiger charge is 2.08. The summed E-state index contributed by atoms with van der Waals surface area (Å²) in [6, 6.07) is 16.1. The first-order valence-corrected chi connectivity index (χ1v) is 6.17. The number of anilines is 1. The first-order valence-electron chi connectivity index (χ1n) is 5.38. The average molecular weight is 287 g/mol. The highest BCUT2D eigenvalue weighted by Crippen LogP contribution is 2.30. The number of aromatic nitrogens is 1. The Morgan fingerprint density at radius 3 is 2.47 bits per heavy atom. The largest absolute Gasteiger partial charge is 0.397 e. The van der Waals surface area contributed by atoms with Crippen molar-refractivity contribution in [2.75, 3.05) is 5.73 Å². The van der Waals surface area contributed by atoms with Crippen LogP contribution >= 0.6 is 15.9 Å². The van der Waals surface area contributed by atoms with Gasteiger partial charge in [0.2, 0.25) is 0 Å². The van der Waals surface area contributed by atoms with Gasteiger partial charge in [-0.15, -0.1) is 0 Å². The molecule has 3 aromatic rings. The van der Waals surface area contributed by atoms with Gasteiger partial charge in [-0.25, -0.2) is 0 Å². The van der Waals surface area contributed by atoms with Gasteiger partial charge in [-0.2, -0.15) is 0 Å². The number of nitrogens with two attached hydrogens (primary N) is 1. The summed E-state index contributed by atoms with van der Waals surface area (Å²) in [7, 11) is 0. The lowest BCUT2D eigenvalue weighted by Gasteiger charge is -2.07. The summed E-state index contributed by atoms with van der Waals surface area (Å²) in [6.45, 7) is 0. The van der Waals surface area contributed by atoms with Gasteiger partial charge in [-0.1, -0.05) is 30.3 Å². The van der Waals surface area contributed by atoms with Gasteiger partial charge in [0.1, 0.15) is 0 Å². The van der Waals surface area contributed by atoms with E-state index in [2.05, 4.69) is 38.8 Å². The molecule has 3 heteroatoms. The molecule has 1 heterocycles. The van der Waals surface area contributed by atoms with Gasteiger partial charge in [-0.05, 0) is 34.1 Å². The average Bonchev–Trinajstić information content (AvgIpc) is 2.68. The maximum Gasteiger partial charge on any atom is 0.0686 e. The molecule has 0 aliphatic rings. The zero-order chi connectivity index (χ0) is 11.8. The molecule has 3 rings (SSSR count). The fourth-order valence-corrected chi connectivity index (χ4v) is 2.58. The Labute approximate surface area is 108 Å². The minimum absolute atomic E-state index is 0.778. The summed E-state index contributed by atoms with van der Waals surface area (Å²) < 4.78 is 3.19. The quantitative estimate of drug-likeness (QED) is 0.674. The smallest absolute Gasteiger partial charge is 0.0686 e. The van der Waals surface area contributed by atoms with Gasteiger partial charge >= 0.3 is 0 Å². The van der Waals surface area contributed by atoms with E-state index in [9.17, 15) is 0 Å². The van der Waals surface area contributed by atoms with Gasteiger partial charge in [-0.3, -0.25) is 0 Å². The Hall–Kier alpha value is -1.74. The SMILES string of the molecule is Nc1ccccc1-n1cc(Br)c2ccccc21. The monoisotopic (exact) mass is 286 g/mol. The van der Waals surface area contributed by atoms with Crippen LogP contribution in [-0.2, 0) is 0 Å². The van der Waals surface area contributed by atoms with Gasteiger partial charge in [0.05, 0.1) is 16.9 Å². The molecule has 0 saturated heterocycles. The number of nitrogen functional groups attached to an aromatic ring is 1. The summed E-state index contributed by atoms with van der Waals surface area (Å²) in [4.78, 5) is 0. The van der Waals surface area contributed by atoms with Crippen molar-refractivity contribution < 1.29 is 0 Å². The number of rotatable bonds is 1. The lowest BCUT2D eigenvalue weighted by molar-refractivity contribution is 1.13. The molecule has 2 N–H and O–H groups in total. The van der Waals surface area contributed by atoms with Crippen molar-refractivity contribution >= 4 is 32.5 Å². The fourth-order valence-electron chi connectivity index (χ4n) is 2.04.